The molecule has 1 aromatic carbocycles. The summed E-state index contributed by atoms with van der Waals surface area (Å²) in [7, 11) is 1.66. The topological polar surface area (TPSA) is 34.1 Å². The minimum absolute atomic E-state index is 0.230. The molecule has 1 aromatic heterocycles. The average molecular weight is 371 g/mol. The van der Waals surface area contributed by atoms with Gasteiger partial charge >= 0.3 is 0 Å². The van der Waals surface area contributed by atoms with Crippen LogP contribution in [0, 0.1) is 5.82 Å². The number of aromatic nitrogens is 1. The molecule has 21 heavy (non-hydrogen) atoms. The smallest absolute Gasteiger partial charge is 0.123 e. The molecular formula is C15H16BrFN2OS. The van der Waals surface area contributed by atoms with E-state index >= 15 is 0 Å². The van der Waals surface area contributed by atoms with Crippen molar-refractivity contribution in [2.24, 2.45) is 0 Å². The number of halogens is 2. The number of hydrogen-bond acceptors (Lipinski definition) is 4. The van der Waals surface area contributed by atoms with Crippen LogP contribution in [0.25, 0.3) is 0 Å². The van der Waals surface area contributed by atoms with Gasteiger partial charge < -0.3 is 10.1 Å². The number of ether oxygens (including phenoxy) is 1. The van der Waals surface area contributed by atoms with Gasteiger partial charge in [0.25, 0.3) is 0 Å². The third-order valence-corrected chi connectivity index (χ3v) is 4.27. The summed E-state index contributed by atoms with van der Waals surface area (Å²) in [5.41, 5.74) is 0.917. The summed E-state index contributed by atoms with van der Waals surface area (Å²) in [5, 5.41) is 4.11. The van der Waals surface area contributed by atoms with E-state index in [2.05, 4.69) is 26.2 Å². The van der Waals surface area contributed by atoms with Crippen molar-refractivity contribution < 1.29 is 9.13 Å². The number of nitrogens with one attached hydrogen (secondary N) is 1. The van der Waals surface area contributed by atoms with Crippen LogP contribution in [-0.2, 0) is 11.3 Å². The first kappa shape index (κ1) is 16.4. The number of pyridine rings is 1. The maximum atomic E-state index is 13.4. The van der Waals surface area contributed by atoms with Crippen molar-refractivity contribution in [2.45, 2.75) is 16.5 Å². The third kappa shape index (κ3) is 5.39. The summed E-state index contributed by atoms with van der Waals surface area (Å²) in [6.07, 6.45) is 1.75. The summed E-state index contributed by atoms with van der Waals surface area (Å²) < 4.78 is 19.4. The molecule has 0 fully saturated rings. The Balaban J connectivity index is 2.08. The van der Waals surface area contributed by atoms with Crippen LogP contribution in [0.15, 0.2) is 50.9 Å². The molecule has 6 heteroatoms. The fourth-order valence-electron chi connectivity index (χ4n) is 1.72. The van der Waals surface area contributed by atoms with Gasteiger partial charge in [0.1, 0.15) is 10.8 Å². The molecule has 3 nitrogen and oxygen atoms in total. The molecule has 0 unspecified atom stereocenters. The Morgan fingerprint density at radius 1 is 1.33 bits per heavy atom. The Morgan fingerprint density at radius 3 is 2.90 bits per heavy atom. The summed E-state index contributed by atoms with van der Waals surface area (Å²) >= 11 is 4.89. The molecule has 0 aliphatic heterocycles. The summed E-state index contributed by atoms with van der Waals surface area (Å²) in [6, 6.07) is 8.69. The first-order chi connectivity index (χ1) is 10.2. The molecule has 2 rings (SSSR count). The molecule has 0 atom stereocenters. The van der Waals surface area contributed by atoms with E-state index in [1.54, 1.807) is 25.4 Å². The van der Waals surface area contributed by atoms with E-state index in [9.17, 15) is 4.39 Å². The van der Waals surface area contributed by atoms with Crippen LogP contribution in [0.5, 0.6) is 0 Å². The SMILES string of the molecule is COCCNCc1cc(F)ccc1Sc1ccc(Br)cn1. The number of benzene rings is 1. The predicted octanol–water partition coefficient (Wildman–Crippen LogP) is 3.87. The van der Waals surface area contributed by atoms with E-state index in [0.29, 0.717) is 13.2 Å². The molecule has 0 amide bonds. The van der Waals surface area contributed by atoms with E-state index in [-0.39, 0.29) is 5.82 Å². The van der Waals surface area contributed by atoms with Gasteiger partial charge in [0, 0.05) is 35.8 Å². The summed E-state index contributed by atoms with van der Waals surface area (Å²) in [6.45, 7) is 1.96. The molecular weight excluding hydrogens is 355 g/mol. The lowest BCUT2D eigenvalue weighted by atomic mass is 10.2. The highest BCUT2D eigenvalue weighted by atomic mass is 79.9. The molecule has 112 valence electrons. The molecule has 0 bridgehead atoms. The van der Waals surface area contributed by atoms with E-state index in [1.807, 2.05) is 12.1 Å². The highest BCUT2D eigenvalue weighted by Gasteiger charge is 2.07. The number of nitrogens with zero attached hydrogens (tertiary/aromatic N) is 1. The lowest BCUT2D eigenvalue weighted by molar-refractivity contribution is 0.199. The zero-order valence-corrected chi connectivity index (χ0v) is 14.0. The number of methoxy groups -OCH3 is 1. The van der Waals surface area contributed by atoms with Gasteiger partial charge in [0.2, 0.25) is 0 Å². The Kier molecular flexibility index (Phi) is 6.63. The molecule has 1 heterocycles. The number of rotatable bonds is 7. The van der Waals surface area contributed by atoms with Crippen LogP contribution < -0.4 is 5.32 Å². The second-order valence-corrected chi connectivity index (χ2v) is 6.32. The molecule has 0 saturated heterocycles. The van der Waals surface area contributed by atoms with E-state index < -0.39 is 0 Å². The van der Waals surface area contributed by atoms with Gasteiger partial charge in [-0.05, 0) is 51.8 Å². The van der Waals surface area contributed by atoms with E-state index in [0.717, 1.165) is 26.5 Å². The fraction of sp³-hybridized carbons (Fsp3) is 0.267. The van der Waals surface area contributed by atoms with Crippen LogP contribution >= 0.6 is 27.7 Å². The second kappa shape index (κ2) is 8.48. The maximum absolute atomic E-state index is 13.4. The number of hydrogen-bond donors (Lipinski definition) is 1. The Bertz CT molecular complexity index is 580. The average Bonchev–Trinajstić information content (AvgIpc) is 2.48. The normalized spacial score (nSPS) is 10.8. The Morgan fingerprint density at radius 2 is 2.19 bits per heavy atom. The first-order valence-electron chi connectivity index (χ1n) is 6.46. The first-order valence-corrected chi connectivity index (χ1v) is 8.07. The summed E-state index contributed by atoms with van der Waals surface area (Å²) in [5.74, 6) is -0.230. The highest BCUT2D eigenvalue weighted by Crippen LogP contribution is 2.30. The minimum Gasteiger partial charge on any atom is -0.383 e. The molecule has 2 aromatic rings. The van der Waals surface area contributed by atoms with Crippen molar-refractivity contribution in [3.8, 4) is 0 Å². The quantitative estimate of drug-likeness (QED) is 0.750. The Hall–Kier alpha value is -0.950. The van der Waals surface area contributed by atoms with Gasteiger partial charge in [0.05, 0.1) is 6.61 Å². The van der Waals surface area contributed by atoms with Gasteiger partial charge in [-0.2, -0.15) is 0 Å². The zero-order valence-electron chi connectivity index (χ0n) is 11.6. The monoisotopic (exact) mass is 370 g/mol. The molecule has 0 aliphatic rings. The fourth-order valence-corrected chi connectivity index (χ4v) is 2.82. The van der Waals surface area contributed by atoms with Crippen molar-refractivity contribution in [3.63, 3.8) is 0 Å². The molecule has 1 N–H and O–H groups in total. The minimum atomic E-state index is -0.230. The van der Waals surface area contributed by atoms with Crippen molar-refractivity contribution in [1.82, 2.24) is 10.3 Å². The van der Waals surface area contributed by atoms with Gasteiger partial charge in [-0.25, -0.2) is 9.37 Å². The van der Waals surface area contributed by atoms with Crippen molar-refractivity contribution in [3.05, 3.63) is 52.4 Å². The van der Waals surface area contributed by atoms with Crippen molar-refractivity contribution >= 4 is 27.7 Å². The molecule has 0 aliphatic carbocycles. The van der Waals surface area contributed by atoms with E-state index in [4.69, 9.17) is 4.74 Å². The molecule has 0 saturated carbocycles. The largest absolute Gasteiger partial charge is 0.383 e. The Labute approximate surface area is 136 Å². The zero-order chi connectivity index (χ0) is 15.1. The third-order valence-electron chi connectivity index (χ3n) is 2.74. The van der Waals surface area contributed by atoms with Crippen LogP contribution in [0.2, 0.25) is 0 Å². The predicted molar refractivity (Wildman–Crippen MR) is 86.0 cm³/mol. The van der Waals surface area contributed by atoms with Crippen LogP contribution in [-0.4, -0.2) is 25.2 Å². The van der Waals surface area contributed by atoms with Crippen molar-refractivity contribution in [1.29, 1.82) is 0 Å². The van der Waals surface area contributed by atoms with Gasteiger partial charge in [-0.3, -0.25) is 0 Å². The van der Waals surface area contributed by atoms with E-state index in [1.165, 1.54) is 17.8 Å². The lowest BCUT2D eigenvalue weighted by Crippen LogP contribution is -2.19. The van der Waals surface area contributed by atoms with Crippen LogP contribution in [0.3, 0.4) is 0 Å². The molecule has 0 spiro atoms. The van der Waals surface area contributed by atoms with Crippen LogP contribution in [0.1, 0.15) is 5.56 Å². The van der Waals surface area contributed by atoms with Crippen LogP contribution in [0.4, 0.5) is 4.39 Å². The summed E-state index contributed by atoms with van der Waals surface area (Å²) in [4.78, 5) is 5.33. The van der Waals surface area contributed by atoms with Gasteiger partial charge in [0.15, 0.2) is 0 Å². The molecule has 0 radical (unpaired) electrons. The van der Waals surface area contributed by atoms with Gasteiger partial charge in [-0.1, -0.05) is 11.8 Å². The van der Waals surface area contributed by atoms with Crippen molar-refractivity contribution in [2.75, 3.05) is 20.3 Å². The van der Waals surface area contributed by atoms with Gasteiger partial charge in [-0.15, -0.1) is 0 Å². The maximum Gasteiger partial charge on any atom is 0.123 e. The standard InChI is InChI=1S/C15H16BrFN2OS/c1-20-7-6-18-9-11-8-13(17)3-4-14(11)21-15-5-2-12(16)10-19-15/h2-5,8,10,18H,6-7,9H2,1H3. The second-order valence-electron chi connectivity index (χ2n) is 4.34. The lowest BCUT2D eigenvalue weighted by Gasteiger charge is -2.10. The highest BCUT2D eigenvalue weighted by molar-refractivity contribution is 9.10.